The second kappa shape index (κ2) is 6.71. The van der Waals surface area contributed by atoms with Crippen molar-refractivity contribution < 1.29 is 9.18 Å². The van der Waals surface area contributed by atoms with Gasteiger partial charge in [0, 0.05) is 28.9 Å². The van der Waals surface area contributed by atoms with Gasteiger partial charge in [-0.05, 0) is 77.7 Å². The van der Waals surface area contributed by atoms with Crippen LogP contribution in [0.15, 0.2) is 40.9 Å². The minimum atomic E-state index is -0.432. The predicted octanol–water partition coefficient (Wildman–Crippen LogP) is 4.75. The number of rotatable bonds is 3. The highest BCUT2D eigenvalue weighted by atomic mass is 79.9. The molecule has 1 aliphatic rings. The smallest absolute Gasteiger partial charge is 0.256 e. The zero-order valence-corrected chi connectivity index (χ0v) is 14.5. The summed E-state index contributed by atoms with van der Waals surface area (Å²) in [5.74, 6) is -0.761. The number of carbonyl (C=O) groups excluding carboxylic acids is 1. The highest BCUT2D eigenvalue weighted by molar-refractivity contribution is 9.10. The lowest BCUT2D eigenvalue weighted by molar-refractivity contribution is 0.102. The molecule has 3 nitrogen and oxygen atoms in total. The first-order valence-electron chi connectivity index (χ1n) is 7.66. The Balaban J connectivity index is 1.78. The van der Waals surface area contributed by atoms with E-state index in [4.69, 9.17) is 0 Å². The first-order valence-corrected chi connectivity index (χ1v) is 8.46. The highest BCUT2D eigenvalue weighted by Crippen LogP contribution is 2.27. The maximum Gasteiger partial charge on any atom is 0.256 e. The van der Waals surface area contributed by atoms with Crippen LogP contribution in [0.4, 0.5) is 15.8 Å². The molecule has 2 aromatic carbocycles. The number of hydrogen-bond acceptors (Lipinski definition) is 2. The van der Waals surface area contributed by atoms with Crippen molar-refractivity contribution in [1.82, 2.24) is 0 Å². The van der Waals surface area contributed by atoms with Gasteiger partial charge in [-0.2, -0.15) is 0 Å². The normalized spacial score (nSPS) is 14.1. The van der Waals surface area contributed by atoms with E-state index in [2.05, 4.69) is 26.1 Å². The average Bonchev–Trinajstić information content (AvgIpc) is 3.04. The van der Waals surface area contributed by atoms with Gasteiger partial charge in [-0.3, -0.25) is 4.79 Å². The molecule has 0 saturated carbocycles. The maximum absolute atomic E-state index is 13.3. The fourth-order valence-electron chi connectivity index (χ4n) is 2.92. The Bertz CT molecular complexity index is 742. The lowest BCUT2D eigenvalue weighted by atomic mass is 10.1. The van der Waals surface area contributed by atoms with Crippen LogP contribution in [0.2, 0.25) is 0 Å². The summed E-state index contributed by atoms with van der Waals surface area (Å²) in [6, 6.07) is 9.97. The Hall–Kier alpha value is -1.88. The molecule has 23 heavy (non-hydrogen) atoms. The number of halogens is 2. The summed E-state index contributed by atoms with van der Waals surface area (Å²) < 4.78 is 13.9. The number of nitrogens with one attached hydrogen (secondary N) is 1. The summed E-state index contributed by atoms with van der Waals surface area (Å²) in [6.45, 7) is 4.22. The molecule has 0 aromatic heterocycles. The van der Waals surface area contributed by atoms with Crippen LogP contribution in [0.25, 0.3) is 0 Å². The van der Waals surface area contributed by atoms with E-state index in [1.807, 2.05) is 25.1 Å². The van der Waals surface area contributed by atoms with Crippen molar-refractivity contribution in [3.8, 4) is 0 Å². The molecule has 1 aliphatic heterocycles. The van der Waals surface area contributed by atoms with E-state index >= 15 is 0 Å². The molecule has 0 unspecified atom stereocenters. The molecule has 0 atom stereocenters. The predicted molar refractivity (Wildman–Crippen MR) is 94.7 cm³/mol. The van der Waals surface area contributed by atoms with Crippen molar-refractivity contribution in [3.63, 3.8) is 0 Å². The van der Waals surface area contributed by atoms with E-state index in [1.54, 1.807) is 0 Å². The summed E-state index contributed by atoms with van der Waals surface area (Å²) in [7, 11) is 0. The lowest BCUT2D eigenvalue weighted by Gasteiger charge is -2.20. The number of nitrogens with zero attached hydrogens (tertiary/aromatic N) is 1. The fraction of sp³-hybridized carbons (Fsp3) is 0.278. The van der Waals surface area contributed by atoms with Gasteiger partial charge in [0.1, 0.15) is 5.82 Å². The third kappa shape index (κ3) is 3.55. The molecule has 1 N–H and O–H groups in total. The molecule has 0 bridgehead atoms. The zero-order chi connectivity index (χ0) is 16.4. The average molecular weight is 377 g/mol. The van der Waals surface area contributed by atoms with Gasteiger partial charge in [0.25, 0.3) is 5.91 Å². The van der Waals surface area contributed by atoms with Gasteiger partial charge in [0.15, 0.2) is 0 Å². The Labute approximate surface area is 143 Å². The largest absolute Gasteiger partial charge is 0.371 e. The number of aryl methyl sites for hydroxylation is 1. The first kappa shape index (κ1) is 16.0. The maximum atomic E-state index is 13.3. The van der Waals surface area contributed by atoms with Gasteiger partial charge >= 0.3 is 0 Å². The van der Waals surface area contributed by atoms with Crippen molar-refractivity contribution >= 4 is 33.2 Å². The molecule has 120 valence electrons. The molecule has 1 heterocycles. The monoisotopic (exact) mass is 376 g/mol. The topological polar surface area (TPSA) is 32.3 Å². The second-order valence-corrected chi connectivity index (χ2v) is 6.63. The molecule has 0 spiro atoms. The molecule has 1 amide bonds. The lowest BCUT2D eigenvalue weighted by Crippen LogP contribution is -2.19. The summed E-state index contributed by atoms with van der Waals surface area (Å²) in [4.78, 5) is 14.7. The Morgan fingerprint density at radius 3 is 2.61 bits per heavy atom. The van der Waals surface area contributed by atoms with Crippen molar-refractivity contribution in [3.05, 3.63) is 57.8 Å². The van der Waals surface area contributed by atoms with Gasteiger partial charge in [-0.25, -0.2) is 4.39 Å². The van der Waals surface area contributed by atoms with E-state index in [0.717, 1.165) is 18.7 Å². The van der Waals surface area contributed by atoms with Crippen LogP contribution in [0.5, 0.6) is 0 Å². The van der Waals surface area contributed by atoms with Crippen LogP contribution in [0.3, 0.4) is 0 Å². The molecule has 0 aliphatic carbocycles. The molecule has 1 saturated heterocycles. The van der Waals surface area contributed by atoms with E-state index in [1.165, 1.54) is 36.7 Å². The van der Waals surface area contributed by atoms with E-state index in [-0.39, 0.29) is 11.5 Å². The number of benzene rings is 2. The highest BCUT2D eigenvalue weighted by Gasteiger charge is 2.16. The van der Waals surface area contributed by atoms with Crippen molar-refractivity contribution in [2.45, 2.75) is 19.8 Å². The SMILES string of the molecule is Cc1cc(NC(=O)c2cc(F)ccc2Br)ccc1N1CCCC1. The van der Waals surface area contributed by atoms with Crippen LogP contribution < -0.4 is 10.2 Å². The van der Waals surface area contributed by atoms with Gasteiger partial charge in [-0.15, -0.1) is 0 Å². The van der Waals surface area contributed by atoms with Crippen LogP contribution in [-0.4, -0.2) is 19.0 Å². The third-order valence-electron chi connectivity index (χ3n) is 4.07. The summed E-state index contributed by atoms with van der Waals surface area (Å²) in [6.07, 6.45) is 2.46. The van der Waals surface area contributed by atoms with Gasteiger partial charge in [0.2, 0.25) is 0 Å². The molecular weight excluding hydrogens is 359 g/mol. The van der Waals surface area contributed by atoms with E-state index in [9.17, 15) is 9.18 Å². The molecule has 2 aromatic rings. The van der Waals surface area contributed by atoms with Crippen molar-refractivity contribution in [2.24, 2.45) is 0 Å². The zero-order valence-electron chi connectivity index (χ0n) is 12.9. The van der Waals surface area contributed by atoms with E-state index < -0.39 is 5.82 Å². The molecule has 0 radical (unpaired) electrons. The molecular formula is C18H18BrFN2O. The van der Waals surface area contributed by atoms with Crippen molar-refractivity contribution in [2.75, 3.05) is 23.3 Å². The minimum Gasteiger partial charge on any atom is -0.371 e. The summed E-state index contributed by atoms with van der Waals surface area (Å²) in [5, 5.41) is 2.83. The Morgan fingerprint density at radius 2 is 1.91 bits per heavy atom. The van der Waals surface area contributed by atoms with Gasteiger partial charge < -0.3 is 10.2 Å². The summed E-state index contributed by atoms with van der Waals surface area (Å²) >= 11 is 3.28. The van der Waals surface area contributed by atoms with Gasteiger partial charge in [-0.1, -0.05) is 0 Å². The Kier molecular flexibility index (Phi) is 4.66. The minimum absolute atomic E-state index is 0.284. The number of anilines is 2. The van der Waals surface area contributed by atoms with Crippen LogP contribution in [0, 0.1) is 12.7 Å². The number of hydrogen-bond donors (Lipinski definition) is 1. The molecule has 1 fully saturated rings. The van der Waals surface area contributed by atoms with Crippen molar-refractivity contribution in [1.29, 1.82) is 0 Å². The third-order valence-corrected chi connectivity index (χ3v) is 4.77. The molecule has 3 rings (SSSR count). The quantitative estimate of drug-likeness (QED) is 0.837. The van der Waals surface area contributed by atoms with Gasteiger partial charge in [0.05, 0.1) is 5.56 Å². The van der Waals surface area contributed by atoms with E-state index in [0.29, 0.717) is 10.2 Å². The second-order valence-electron chi connectivity index (χ2n) is 5.77. The number of carbonyl (C=O) groups is 1. The first-order chi connectivity index (χ1) is 11.0. The van der Waals surface area contributed by atoms with Crippen LogP contribution in [0.1, 0.15) is 28.8 Å². The standard InChI is InChI=1S/C18H18BrFN2O/c1-12-10-14(5-7-17(12)22-8-2-3-9-22)21-18(23)15-11-13(20)4-6-16(15)19/h4-7,10-11H,2-3,8-9H2,1H3,(H,21,23). The Morgan fingerprint density at radius 1 is 1.17 bits per heavy atom. The van der Waals surface area contributed by atoms with Crippen LogP contribution in [-0.2, 0) is 0 Å². The number of amides is 1. The fourth-order valence-corrected chi connectivity index (χ4v) is 3.34. The summed E-state index contributed by atoms with van der Waals surface area (Å²) in [5.41, 5.74) is 3.34. The molecule has 5 heteroatoms. The van der Waals surface area contributed by atoms with Crippen LogP contribution >= 0.6 is 15.9 Å².